The lowest BCUT2D eigenvalue weighted by Crippen LogP contribution is -2.41. The molecule has 0 amide bonds. The van der Waals surface area contributed by atoms with Gasteiger partial charge in [-0.1, -0.05) is 13.8 Å². The average Bonchev–Trinajstić information content (AvgIpc) is 2.33. The molecule has 0 heterocycles. The number of aromatic hydroxyl groups is 1. The van der Waals surface area contributed by atoms with E-state index in [0.29, 0.717) is 19.7 Å². The highest BCUT2D eigenvalue weighted by Gasteiger charge is 2.24. The van der Waals surface area contributed by atoms with Gasteiger partial charge in [0.2, 0.25) is 0 Å². The molecule has 0 spiro atoms. The lowest BCUT2D eigenvalue weighted by atomic mass is 9.92. The van der Waals surface area contributed by atoms with E-state index < -0.39 is 5.60 Å². The molecule has 1 aromatic carbocycles. The fraction of sp³-hybridized carbons (Fsp3) is 0.600. The van der Waals surface area contributed by atoms with Gasteiger partial charge in [0, 0.05) is 18.7 Å². The normalized spacial score (nSPS) is 14.4. The van der Waals surface area contributed by atoms with Gasteiger partial charge >= 0.3 is 0 Å². The second-order valence-electron chi connectivity index (χ2n) is 5.34. The van der Waals surface area contributed by atoms with Gasteiger partial charge in [-0.3, -0.25) is 0 Å². The van der Waals surface area contributed by atoms with Crippen molar-refractivity contribution in [2.24, 2.45) is 5.92 Å². The molecular weight excluding hydrogens is 242 g/mol. The summed E-state index contributed by atoms with van der Waals surface area (Å²) < 4.78 is 5.40. The Morgan fingerprint density at radius 2 is 2.05 bits per heavy atom. The third-order valence-corrected chi connectivity index (χ3v) is 3.40. The maximum absolute atomic E-state index is 10.1. The highest BCUT2D eigenvalue weighted by atomic mass is 16.5. The first-order chi connectivity index (χ1) is 8.86. The van der Waals surface area contributed by atoms with Gasteiger partial charge in [0.1, 0.15) is 11.5 Å². The number of aliphatic hydroxyl groups is 1. The van der Waals surface area contributed by atoms with Crippen LogP contribution in [-0.4, -0.2) is 29.0 Å². The van der Waals surface area contributed by atoms with E-state index in [4.69, 9.17) is 4.74 Å². The van der Waals surface area contributed by atoms with Gasteiger partial charge in [-0.25, -0.2) is 0 Å². The van der Waals surface area contributed by atoms with Crippen LogP contribution in [-0.2, 0) is 6.54 Å². The Kier molecular flexibility index (Phi) is 5.63. The number of nitrogens with one attached hydrogen (secondary N) is 1. The van der Waals surface area contributed by atoms with E-state index in [9.17, 15) is 10.2 Å². The van der Waals surface area contributed by atoms with Crippen LogP contribution in [0.2, 0.25) is 0 Å². The zero-order valence-electron chi connectivity index (χ0n) is 12.2. The summed E-state index contributed by atoms with van der Waals surface area (Å²) in [5, 5.41) is 23.1. The van der Waals surface area contributed by atoms with Gasteiger partial charge in [0.15, 0.2) is 0 Å². The molecule has 1 aromatic rings. The van der Waals surface area contributed by atoms with Crippen molar-refractivity contribution >= 4 is 0 Å². The Labute approximate surface area is 115 Å². The third kappa shape index (κ3) is 4.73. The standard InChI is InChI=1S/C15H25NO3/c1-5-19-13-6-7-14(17)12(8-13)9-16-10-15(4,18)11(2)3/h6-8,11,16-18H,5,9-10H2,1-4H3. The number of ether oxygens (including phenoxy) is 1. The number of phenolic OH excluding ortho intramolecular Hbond substituents is 1. The van der Waals surface area contributed by atoms with E-state index in [1.807, 2.05) is 26.8 Å². The second-order valence-corrected chi connectivity index (χ2v) is 5.34. The molecule has 4 nitrogen and oxygen atoms in total. The van der Waals surface area contributed by atoms with Crippen LogP contribution in [0.5, 0.6) is 11.5 Å². The van der Waals surface area contributed by atoms with E-state index in [-0.39, 0.29) is 11.7 Å². The largest absolute Gasteiger partial charge is 0.508 e. The minimum absolute atomic E-state index is 0.170. The van der Waals surface area contributed by atoms with Gasteiger partial charge in [-0.2, -0.15) is 0 Å². The molecule has 0 bridgehead atoms. The van der Waals surface area contributed by atoms with E-state index in [0.717, 1.165) is 11.3 Å². The van der Waals surface area contributed by atoms with Crippen LogP contribution in [0.4, 0.5) is 0 Å². The van der Waals surface area contributed by atoms with Crippen molar-refractivity contribution in [2.45, 2.75) is 39.8 Å². The van der Waals surface area contributed by atoms with E-state index in [1.165, 1.54) is 0 Å². The van der Waals surface area contributed by atoms with Crippen molar-refractivity contribution in [1.82, 2.24) is 5.32 Å². The molecule has 0 fully saturated rings. The summed E-state index contributed by atoms with van der Waals surface area (Å²) in [6.45, 7) is 9.26. The predicted octanol–water partition coefficient (Wildman–Crippen LogP) is 2.29. The van der Waals surface area contributed by atoms with Gasteiger partial charge < -0.3 is 20.3 Å². The van der Waals surface area contributed by atoms with Crippen molar-refractivity contribution < 1.29 is 14.9 Å². The van der Waals surface area contributed by atoms with Crippen molar-refractivity contribution in [3.8, 4) is 11.5 Å². The van der Waals surface area contributed by atoms with Gasteiger partial charge in [0.25, 0.3) is 0 Å². The van der Waals surface area contributed by atoms with Crippen LogP contribution < -0.4 is 10.1 Å². The number of rotatable bonds is 7. The molecule has 1 atom stereocenters. The van der Waals surface area contributed by atoms with Gasteiger partial charge in [-0.05, 0) is 38.0 Å². The molecule has 1 rings (SSSR count). The molecule has 1 unspecified atom stereocenters. The smallest absolute Gasteiger partial charge is 0.120 e. The van der Waals surface area contributed by atoms with Gasteiger partial charge in [0.05, 0.1) is 12.2 Å². The quantitative estimate of drug-likeness (QED) is 0.709. The highest BCUT2D eigenvalue weighted by Crippen LogP contribution is 2.23. The van der Waals surface area contributed by atoms with Crippen LogP contribution >= 0.6 is 0 Å². The fourth-order valence-corrected chi connectivity index (χ4v) is 1.61. The van der Waals surface area contributed by atoms with Crippen LogP contribution in [0.3, 0.4) is 0 Å². The maximum atomic E-state index is 10.1. The molecule has 0 saturated heterocycles. The molecule has 108 valence electrons. The number of phenols is 1. The molecule has 19 heavy (non-hydrogen) atoms. The van der Waals surface area contributed by atoms with Crippen molar-refractivity contribution in [1.29, 1.82) is 0 Å². The van der Waals surface area contributed by atoms with Crippen LogP contribution in [0.15, 0.2) is 18.2 Å². The molecule has 0 saturated carbocycles. The fourth-order valence-electron chi connectivity index (χ4n) is 1.61. The van der Waals surface area contributed by atoms with Crippen LogP contribution in [0.1, 0.15) is 33.3 Å². The summed E-state index contributed by atoms with van der Waals surface area (Å²) in [7, 11) is 0. The Bertz CT molecular complexity index is 402. The zero-order valence-corrected chi connectivity index (χ0v) is 12.2. The van der Waals surface area contributed by atoms with Gasteiger partial charge in [-0.15, -0.1) is 0 Å². The first-order valence-electron chi connectivity index (χ1n) is 6.74. The number of hydrogen-bond donors (Lipinski definition) is 3. The first-order valence-corrected chi connectivity index (χ1v) is 6.74. The highest BCUT2D eigenvalue weighted by molar-refractivity contribution is 5.39. The summed E-state index contributed by atoms with van der Waals surface area (Å²) >= 11 is 0. The molecular formula is C15H25NO3. The average molecular weight is 267 g/mol. The zero-order chi connectivity index (χ0) is 14.5. The molecule has 0 aliphatic heterocycles. The van der Waals surface area contributed by atoms with E-state index in [1.54, 1.807) is 19.1 Å². The number of benzene rings is 1. The summed E-state index contributed by atoms with van der Waals surface area (Å²) in [5.41, 5.74) is 0.0122. The first kappa shape index (κ1) is 15.8. The molecule has 3 N–H and O–H groups in total. The lowest BCUT2D eigenvalue weighted by Gasteiger charge is -2.28. The minimum Gasteiger partial charge on any atom is -0.508 e. The Morgan fingerprint density at radius 3 is 2.63 bits per heavy atom. The van der Waals surface area contributed by atoms with Crippen molar-refractivity contribution in [2.75, 3.05) is 13.2 Å². The second kappa shape index (κ2) is 6.78. The Morgan fingerprint density at radius 1 is 1.37 bits per heavy atom. The van der Waals surface area contributed by atoms with Crippen LogP contribution in [0.25, 0.3) is 0 Å². The molecule has 0 aromatic heterocycles. The summed E-state index contributed by atoms with van der Waals surface area (Å²) in [6.07, 6.45) is 0. The molecule has 0 aliphatic carbocycles. The monoisotopic (exact) mass is 267 g/mol. The van der Waals surface area contributed by atoms with E-state index in [2.05, 4.69) is 5.32 Å². The summed E-state index contributed by atoms with van der Waals surface area (Å²) in [5.74, 6) is 1.15. The van der Waals surface area contributed by atoms with Crippen LogP contribution in [0, 0.1) is 5.92 Å². The summed E-state index contributed by atoms with van der Waals surface area (Å²) in [4.78, 5) is 0. The predicted molar refractivity (Wildman–Crippen MR) is 76.4 cm³/mol. The number of hydrogen-bond acceptors (Lipinski definition) is 4. The SMILES string of the molecule is CCOc1ccc(O)c(CNCC(C)(O)C(C)C)c1. The Balaban J connectivity index is 2.60. The van der Waals surface area contributed by atoms with E-state index >= 15 is 0 Å². The third-order valence-electron chi connectivity index (χ3n) is 3.40. The Hall–Kier alpha value is -1.26. The molecule has 0 aliphatic rings. The lowest BCUT2D eigenvalue weighted by molar-refractivity contribution is 0.0139. The van der Waals surface area contributed by atoms with Crippen molar-refractivity contribution in [3.05, 3.63) is 23.8 Å². The van der Waals surface area contributed by atoms with Crippen molar-refractivity contribution in [3.63, 3.8) is 0 Å². The topological polar surface area (TPSA) is 61.7 Å². The minimum atomic E-state index is -0.757. The molecule has 4 heteroatoms. The molecule has 0 radical (unpaired) electrons. The summed E-state index contributed by atoms with van der Waals surface area (Å²) in [6, 6.07) is 5.19. The maximum Gasteiger partial charge on any atom is 0.120 e.